The van der Waals surface area contributed by atoms with Crippen molar-refractivity contribution in [3.05, 3.63) is 60.2 Å². The predicted octanol–water partition coefficient (Wildman–Crippen LogP) is 3.35. The molecule has 5 heteroatoms. The number of rotatable bonds is 4. The third-order valence-electron chi connectivity index (χ3n) is 5.73. The molecule has 0 saturated carbocycles. The van der Waals surface area contributed by atoms with Crippen LogP contribution in [0.25, 0.3) is 0 Å². The first-order valence-electron chi connectivity index (χ1n) is 9.68. The molecule has 2 aromatic carbocycles. The molecule has 4 rings (SSSR count). The Morgan fingerprint density at radius 2 is 1.59 bits per heavy atom. The first kappa shape index (κ1) is 17.9. The zero-order valence-electron chi connectivity index (χ0n) is 16.1. The molecule has 2 atom stereocenters. The van der Waals surface area contributed by atoms with Crippen LogP contribution in [-0.4, -0.2) is 56.1 Å². The van der Waals surface area contributed by atoms with Crippen molar-refractivity contribution in [1.82, 2.24) is 9.80 Å². The fraction of sp³-hybridized carbons (Fsp3) is 0.409. The summed E-state index contributed by atoms with van der Waals surface area (Å²) >= 11 is 0. The topological polar surface area (TPSA) is 38.8 Å². The van der Waals surface area contributed by atoms with Crippen LogP contribution in [0.5, 0.6) is 0 Å². The number of anilines is 2. The minimum atomic E-state index is 0.0291. The maximum atomic E-state index is 12.5. The molecule has 2 aromatic rings. The molecule has 2 fully saturated rings. The highest BCUT2D eigenvalue weighted by atomic mass is 16.2. The van der Waals surface area contributed by atoms with E-state index >= 15 is 0 Å². The average Bonchev–Trinajstić information content (AvgIpc) is 3.21. The molecular formula is C22H28N4O. The third-order valence-corrected chi connectivity index (χ3v) is 5.73. The van der Waals surface area contributed by atoms with E-state index < -0.39 is 0 Å². The van der Waals surface area contributed by atoms with Gasteiger partial charge in [0.05, 0.1) is 0 Å². The minimum Gasteiger partial charge on any atom is -0.378 e. The van der Waals surface area contributed by atoms with Gasteiger partial charge in [0.1, 0.15) is 0 Å². The van der Waals surface area contributed by atoms with Crippen LogP contribution >= 0.6 is 0 Å². The van der Waals surface area contributed by atoms with Gasteiger partial charge in [-0.1, -0.05) is 30.3 Å². The molecule has 0 aromatic heterocycles. The average molecular weight is 364 g/mol. The summed E-state index contributed by atoms with van der Waals surface area (Å²) in [7, 11) is 4.13. The number of hydrogen-bond donors (Lipinski definition) is 1. The standard InChI is InChI=1S/C22H28N4O/c1-24(2)21-10-8-17(9-11-21)12-25-13-18-15-26(16-19(18)14-25)22(27)23-20-6-4-3-5-7-20/h3-11,18-19H,12-16H2,1-2H3,(H,23,27)/t18-,19-/m0/s1. The molecule has 27 heavy (non-hydrogen) atoms. The molecule has 142 valence electrons. The van der Waals surface area contributed by atoms with Gasteiger partial charge in [-0.2, -0.15) is 0 Å². The molecule has 0 bridgehead atoms. The quantitative estimate of drug-likeness (QED) is 0.904. The highest BCUT2D eigenvalue weighted by Crippen LogP contribution is 2.32. The highest BCUT2D eigenvalue weighted by molar-refractivity contribution is 5.89. The van der Waals surface area contributed by atoms with Crippen LogP contribution in [0.2, 0.25) is 0 Å². The highest BCUT2D eigenvalue weighted by Gasteiger charge is 2.41. The Morgan fingerprint density at radius 3 is 2.19 bits per heavy atom. The zero-order chi connectivity index (χ0) is 18.8. The number of nitrogens with one attached hydrogen (secondary N) is 1. The molecule has 2 aliphatic heterocycles. The number of carbonyl (C=O) groups is 1. The number of amides is 2. The lowest BCUT2D eigenvalue weighted by atomic mass is 10.0. The summed E-state index contributed by atoms with van der Waals surface area (Å²) in [6, 6.07) is 18.5. The fourth-order valence-electron chi connectivity index (χ4n) is 4.27. The van der Waals surface area contributed by atoms with E-state index in [1.165, 1.54) is 11.3 Å². The Labute approximate surface area is 161 Å². The number of nitrogens with zero attached hydrogens (tertiary/aromatic N) is 3. The van der Waals surface area contributed by atoms with Gasteiger partial charge in [-0.05, 0) is 41.7 Å². The molecule has 2 aliphatic rings. The van der Waals surface area contributed by atoms with Crippen molar-refractivity contribution in [2.45, 2.75) is 6.54 Å². The third kappa shape index (κ3) is 4.08. The van der Waals surface area contributed by atoms with Gasteiger partial charge < -0.3 is 15.1 Å². The maximum absolute atomic E-state index is 12.5. The SMILES string of the molecule is CN(C)c1ccc(CN2C[C@H]3CN(C(=O)Nc4ccccc4)C[C@@H]3C2)cc1. The van der Waals surface area contributed by atoms with Crippen LogP contribution in [0.3, 0.4) is 0 Å². The molecule has 1 N–H and O–H groups in total. The second-order valence-corrected chi connectivity index (χ2v) is 7.98. The van der Waals surface area contributed by atoms with E-state index in [9.17, 15) is 4.79 Å². The van der Waals surface area contributed by atoms with Gasteiger partial charge in [-0.3, -0.25) is 4.90 Å². The molecule has 2 amide bonds. The van der Waals surface area contributed by atoms with Gasteiger partial charge in [0.15, 0.2) is 0 Å². The van der Waals surface area contributed by atoms with Crippen LogP contribution in [0.15, 0.2) is 54.6 Å². The van der Waals surface area contributed by atoms with Crippen molar-refractivity contribution >= 4 is 17.4 Å². The van der Waals surface area contributed by atoms with E-state index in [1.54, 1.807) is 0 Å². The van der Waals surface area contributed by atoms with Gasteiger partial charge in [-0.25, -0.2) is 4.79 Å². The van der Waals surface area contributed by atoms with Crippen molar-refractivity contribution in [1.29, 1.82) is 0 Å². The number of benzene rings is 2. The monoisotopic (exact) mass is 364 g/mol. The summed E-state index contributed by atoms with van der Waals surface area (Å²) in [5.41, 5.74) is 3.46. The molecule has 0 unspecified atom stereocenters. The summed E-state index contributed by atoms with van der Waals surface area (Å²) in [6.07, 6.45) is 0. The minimum absolute atomic E-state index is 0.0291. The first-order valence-corrected chi connectivity index (χ1v) is 9.68. The van der Waals surface area contributed by atoms with Crippen LogP contribution in [-0.2, 0) is 6.54 Å². The van der Waals surface area contributed by atoms with Crippen molar-refractivity contribution in [2.75, 3.05) is 50.5 Å². The number of carbonyl (C=O) groups excluding carboxylic acids is 1. The number of urea groups is 1. The van der Waals surface area contributed by atoms with Crippen LogP contribution in [0.1, 0.15) is 5.56 Å². The molecule has 2 heterocycles. The van der Waals surface area contributed by atoms with Gasteiger partial charge in [-0.15, -0.1) is 0 Å². The second-order valence-electron chi connectivity index (χ2n) is 7.98. The van der Waals surface area contributed by atoms with Gasteiger partial charge in [0.2, 0.25) is 0 Å². The number of fused-ring (bicyclic) bond motifs is 1. The van der Waals surface area contributed by atoms with E-state index in [1.807, 2.05) is 35.2 Å². The molecule has 2 saturated heterocycles. The van der Waals surface area contributed by atoms with E-state index in [4.69, 9.17) is 0 Å². The summed E-state index contributed by atoms with van der Waals surface area (Å²) in [4.78, 5) is 19.1. The number of para-hydroxylation sites is 1. The Bertz CT molecular complexity index is 761. The van der Waals surface area contributed by atoms with Crippen molar-refractivity contribution in [2.24, 2.45) is 11.8 Å². The molecule has 5 nitrogen and oxygen atoms in total. The zero-order valence-corrected chi connectivity index (χ0v) is 16.1. The Morgan fingerprint density at radius 1 is 0.963 bits per heavy atom. The summed E-state index contributed by atoms with van der Waals surface area (Å²) in [6.45, 7) is 4.88. The van der Waals surface area contributed by atoms with Crippen molar-refractivity contribution in [3.63, 3.8) is 0 Å². The fourth-order valence-corrected chi connectivity index (χ4v) is 4.27. The largest absolute Gasteiger partial charge is 0.378 e. The van der Waals surface area contributed by atoms with E-state index in [-0.39, 0.29) is 6.03 Å². The maximum Gasteiger partial charge on any atom is 0.321 e. The molecule has 0 aliphatic carbocycles. The summed E-state index contributed by atoms with van der Waals surface area (Å²) in [5.74, 6) is 1.18. The molecule has 0 spiro atoms. The van der Waals surface area contributed by atoms with E-state index in [2.05, 4.69) is 53.5 Å². The second kappa shape index (κ2) is 7.61. The van der Waals surface area contributed by atoms with E-state index in [0.717, 1.165) is 38.4 Å². The lowest BCUT2D eigenvalue weighted by molar-refractivity contribution is 0.212. The smallest absolute Gasteiger partial charge is 0.321 e. The Kier molecular flexibility index (Phi) is 5.03. The predicted molar refractivity (Wildman–Crippen MR) is 110 cm³/mol. The van der Waals surface area contributed by atoms with Crippen LogP contribution < -0.4 is 10.2 Å². The van der Waals surface area contributed by atoms with Gasteiger partial charge >= 0.3 is 6.03 Å². The lowest BCUT2D eigenvalue weighted by Crippen LogP contribution is -2.36. The Hall–Kier alpha value is -2.53. The number of hydrogen-bond acceptors (Lipinski definition) is 3. The Balaban J connectivity index is 1.28. The van der Waals surface area contributed by atoms with Crippen molar-refractivity contribution in [3.8, 4) is 0 Å². The molecule has 0 radical (unpaired) electrons. The van der Waals surface area contributed by atoms with E-state index in [0.29, 0.717) is 11.8 Å². The van der Waals surface area contributed by atoms with Gasteiger partial charge in [0, 0.05) is 58.2 Å². The normalized spacial score (nSPS) is 21.9. The summed E-state index contributed by atoms with van der Waals surface area (Å²) in [5, 5.41) is 3.01. The lowest BCUT2D eigenvalue weighted by Gasteiger charge is -2.22. The van der Waals surface area contributed by atoms with Gasteiger partial charge in [0.25, 0.3) is 0 Å². The van der Waals surface area contributed by atoms with Crippen molar-refractivity contribution < 1.29 is 4.79 Å². The summed E-state index contributed by atoms with van der Waals surface area (Å²) < 4.78 is 0. The molecular weight excluding hydrogens is 336 g/mol. The number of likely N-dealkylation sites (tertiary alicyclic amines) is 2. The van der Waals surface area contributed by atoms with Crippen LogP contribution in [0, 0.1) is 11.8 Å². The van der Waals surface area contributed by atoms with Crippen LogP contribution in [0.4, 0.5) is 16.2 Å². The first-order chi connectivity index (χ1) is 13.1.